The van der Waals surface area contributed by atoms with Crippen LogP contribution in [0.3, 0.4) is 0 Å². The number of carbonyl (C=O) groups is 1. The van der Waals surface area contributed by atoms with Crippen molar-refractivity contribution < 1.29 is 14.8 Å². The van der Waals surface area contributed by atoms with Crippen LogP contribution in [0, 0.1) is 10.1 Å². The minimum Gasteiger partial charge on any atom is -0.387 e. The van der Waals surface area contributed by atoms with Gasteiger partial charge >= 0.3 is 0 Å². The van der Waals surface area contributed by atoms with Crippen molar-refractivity contribution in [1.29, 1.82) is 0 Å². The summed E-state index contributed by atoms with van der Waals surface area (Å²) in [5, 5.41) is 24.0. The fraction of sp³-hybridized carbons (Fsp3) is 0.462. The molecule has 0 aliphatic carbocycles. The first kappa shape index (κ1) is 16.6. The van der Waals surface area contributed by atoms with Crippen molar-refractivity contribution in [3.8, 4) is 0 Å². The number of hydrogen-bond acceptors (Lipinski definition) is 6. The molecule has 1 saturated heterocycles. The van der Waals surface area contributed by atoms with E-state index in [2.05, 4.69) is 16.2 Å². The molecule has 4 unspecified atom stereocenters. The molecule has 0 bridgehead atoms. The van der Waals surface area contributed by atoms with Crippen molar-refractivity contribution in [3.63, 3.8) is 0 Å². The van der Waals surface area contributed by atoms with Crippen molar-refractivity contribution in [3.05, 3.63) is 45.0 Å². The first-order valence-electron chi connectivity index (χ1n) is 6.76. The predicted octanol–water partition coefficient (Wildman–Crippen LogP) is -0.000200. The fourth-order valence-corrected chi connectivity index (χ4v) is 2.63. The second kappa shape index (κ2) is 7.01. The standard InChI is InChI=1S/C13H17ClN4O4/c1-7-12(18(21)22)11(17-16-7)13(20)15-6-10(19)8-4-2-3-5-9(8)14/h2-5,7,10-12,16-17,19H,6H2,1H3,(H,15,20). The lowest BCUT2D eigenvalue weighted by molar-refractivity contribution is -0.523. The fourth-order valence-electron chi connectivity index (χ4n) is 2.37. The van der Waals surface area contributed by atoms with E-state index in [1.54, 1.807) is 31.2 Å². The first-order chi connectivity index (χ1) is 10.4. The Morgan fingerprint density at radius 1 is 1.50 bits per heavy atom. The number of amides is 1. The van der Waals surface area contributed by atoms with E-state index in [-0.39, 0.29) is 6.54 Å². The molecule has 120 valence electrons. The number of rotatable bonds is 5. The van der Waals surface area contributed by atoms with Crippen molar-refractivity contribution in [2.45, 2.75) is 31.2 Å². The molecule has 4 atom stereocenters. The molecule has 1 heterocycles. The van der Waals surface area contributed by atoms with Gasteiger partial charge in [0, 0.05) is 22.1 Å². The lowest BCUT2D eigenvalue weighted by atomic mass is 10.0. The quantitative estimate of drug-likeness (QED) is 0.446. The van der Waals surface area contributed by atoms with Crippen LogP contribution >= 0.6 is 11.6 Å². The zero-order valence-corrected chi connectivity index (χ0v) is 12.6. The third kappa shape index (κ3) is 3.53. The number of nitrogens with one attached hydrogen (secondary N) is 3. The Labute approximate surface area is 132 Å². The van der Waals surface area contributed by atoms with E-state index in [9.17, 15) is 20.0 Å². The van der Waals surface area contributed by atoms with Crippen molar-refractivity contribution >= 4 is 17.5 Å². The topological polar surface area (TPSA) is 117 Å². The summed E-state index contributed by atoms with van der Waals surface area (Å²) in [4.78, 5) is 22.6. The zero-order valence-electron chi connectivity index (χ0n) is 11.8. The second-order valence-electron chi connectivity index (χ2n) is 5.11. The minimum absolute atomic E-state index is 0.0838. The van der Waals surface area contributed by atoms with E-state index < -0.39 is 35.1 Å². The van der Waals surface area contributed by atoms with E-state index in [1.807, 2.05) is 0 Å². The molecule has 22 heavy (non-hydrogen) atoms. The molecular formula is C13H17ClN4O4. The maximum Gasteiger partial charge on any atom is 0.254 e. The number of halogens is 1. The molecule has 9 heteroatoms. The van der Waals surface area contributed by atoms with Gasteiger partial charge in [-0.25, -0.2) is 10.9 Å². The van der Waals surface area contributed by atoms with Gasteiger partial charge in [-0.3, -0.25) is 14.9 Å². The number of carbonyl (C=O) groups excluding carboxylic acids is 1. The van der Waals surface area contributed by atoms with Crippen LogP contribution in [0.2, 0.25) is 5.02 Å². The van der Waals surface area contributed by atoms with Gasteiger partial charge < -0.3 is 10.4 Å². The SMILES string of the molecule is CC1NNC(C(=O)NCC(O)c2ccccc2Cl)C1[N+](=O)[O-]. The lowest BCUT2D eigenvalue weighted by Gasteiger charge is -2.17. The second-order valence-corrected chi connectivity index (χ2v) is 5.52. The molecule has 1 aliphatic rings. The summed E-state index contributed by atoms with van der Waals surface area (Å²) in [6.45, 7) is 1.53. The highest BCUT2D eigenvalue weighted by atomic mass is 35.5. The van der Waals surface area contributed by atoms with Crippen molar-refractivity contribution in [2.75, 3.05) is 6.54 Å². The predicted molar refractivity (Wildman–Crippen MR) is 79.7 cm³/mol. The Bertz CT molecular complexity index is 571. The molecule has 0 spiro atoms. The molecule has 4 N–H and O–H groups in total. The van der Waals surface area contributed by atoms with E-state index in [0.29, 0.717) is 10.6 Å². The van der Waals surface area contributed by atoms with Crippen LogP contribution in [-0.2, 0) is 4.79 Å². The van der Waals surface area contributed by atoms with Crippen LogP contribution < -0.4 is 16.2 Å². The van der Waals surface area contributed by atoms with Crippen LogP contribution in [0.25, 0.3) is 0 Å². The Kier molecular flexibility index (Phi) is 5.30. The summed E-state index contributed by atoms with van der Waals surface area (Å²) in [5.41, 5.74) is 5.76. The molecule has 8 nitrogen and oxygen atoms in total. The van der Waals surface area contributed by atoms with E-state index in [0.717, 1.165) is 0 Å². The van der Waals surface area contributed by atoms with E-state index >= 15 is 0 Å². The van der Waals surface area contributed by atoms with Crippen LogP contribution in [-0.4, -0.2) is 40.6 Å². The van der Waals surface area contributed by atoms with Gasteiger partial charge in [-0.15, -0.1) is 0 Å². The van der Waals surface area contributed by atoms with Gasteiger partial charge in [0.15, 0.2) is 6.04 Å². The number of hydrazine groups is 1. The number of nitro groups is 1. The molecule has 1 amide bonds. The number of nitrogens with zero attached hydrogens (tertiary/aromatic N) is 1. The Morgan fingerprint density at radius 3 is 2.82 bits per heavy atom. The highest BCUT2D eigenvalue weighted by Gasteiger charge is 2.46. The highest BCUT2D eigenvalue weighted by Crippen LogP contribution is 2.22. The Morgan fingerprint density at radius 2 is 2.18 bits per heavy atom. The van der Waals surface area contributed by atoms with Crippen LogP contribution in [0.4, 0.5) is 0 Å². The maximum absolute atomic E-state index is 12.1. The summed E-state index contributed by atoms with van der Waals surface area (Å²) in [6, 6.07) is 4.19. The molecule has 0 radical (unpaired) electrons. The van der Waals surface area contributed by atoms with Crippen molar-refractivity contribution in [2.24, 2.45) is 0 Å². The minimum atomic E-state index is -1.07. The smallest absolute Gasteiger partial charge is 0.254 e. The number of benzene rings is 1. The maximum atomic E-state index is 12.1. The number of aliphatic hydroxyl groups excluding tert-OH is 1. The number of aliphatic hydroxyl groups is 1. The normalized spacial score (nSPS) is 25.7. The van der Waals surface area contributed by atoms with Crippen LogP contribution in [0.1, 0.15) is 18.6 Å². The summed E-state index contributed by atoms with van der Waals surface area (Å²) in [7, 11) is 0. The molecule has 1 aliphatic heterocycles. The molecular weight excluding hydrogens is 312 g/mol. The molecule has 1 fully saturated rings. The van der Waals surface area contributed by atoms with Crippen LogP contribution in [0.5, 0.6) is 0 Å². The third-order valence-corrected chi connectivity index (χ3v) is 3.92. The van der Waals surface area contributed by atoms with Gasteiger partial charge in [-0.2, -0.15) is 0 Å². The molecule has 2 rings (SSSR count). The molecule has 1 aromatic carbocycles. The van der Waals surface area contributed by atoms with Gasteiger partial charge in [0.25, 0.3) is 6.04 Å². The van der Waals surface area contributed by atoms with Crippen molar-refractivity contribution in [1.82, 2.24) is 16.2 Å². The monoisotopic (exact) mass is 328 g/mol. The van der Waals surface area contributed by atoms with E-state index in [4.69, 9.17) is 11.6 Å². The summed E-state index contributed by atoms with van der Waals surface area (Å²) in [5.74, 6) is -0.551. The Hall–Kier alpha value is -1.74. The highest BCUT2D eigenvalue weighted by molar-refractivity contribution is 6.31. The molecule has 0 aromatic heterocycles. The third-order valence-electron chi connectivity index (χ3n) is 3.58. The molecule has 1 aromatic rings. The average Bonchev–Trinajstić information content (AvgIpc) is 2.87. The Balaban J connectivity index is 1.95. The summed E-state index contributed by atoms with van der Waals surface area (Å²) < 4.78 is 0. The van der Waals surface area contributed by atoms with Gasteiger partial charge in [0.05, 0.1) is 12.1 Å². The summed E-state index contributed by atoms with van der Waals surface area (Å²) in [6.07, 6.45) is -0.988. The number of hydrogen-bond donors (Lipinski definition) is 4. The van der Waals surface area contributed by atoms with Gasteiger partial charge in [-0.1, -0.05) is 29.8 Å². The largest absolute Gasteiger partial charge is 0.387 e. The van der Waals surface area contributed by atoms with Gasteiger partial charge in [-0.05, 0) is 13.0 Å². The lowest BCUT2D eigenvalue weighted by Crippen LogP contribution is -2.50. The molecule has 0 saturated carbocycles. The zero-order chi connectivity index (χ0) is 16.3. The van der Waals surface area contributed by atoms with E-state index in [1.165, 1.54) is 0 Å². The van der Waals surface area contributed by atoms with Gasteiger partial charge in [0.2, 0.25) is 5.91 Å². The first-order valence-corrected chi connectivity index (χ1v) is 7.14. The van der Waals surface area contributed by atoms with Crippen LogP contribution in [0.15, 0.2) is 24.3 Å². The average molecular weight is 329 g/mol. The summed E-state index contributed by atoms with van der Waals surface area (Å²) >= 11 is 5.96. The van der Waals surface area contributed by atoms with Gasteiger partial charge in [0.1, 0.15) is 0 Å².